The summed E-state index contributed by atoms with van der Waals surface area (Å²) in [6.45, 7) is 28.0. The van der Waals surface area contributed by atoms with Crippen LogP contribution in [-0.2, 0) is 63.2 Å². The number of carbonyl (C=O) groups excluding carboxylic acids is 4. The zero-order chi connectivity index (χ0) is 41.4. The summed E-state index contributed by atoms with van der Waals surface area (Å²) in [5, 5.41) is 27.1. The molecule has 2 amide bonds. The number of hydrogen-bond donors (Lipinski definition) is 4. The van der Waals surface area contributed by atoms with Crippen molar-refractivity contribution in [1.82, 2.24) is 10.6 Å². The van der Waals surface area contributed by atoms with E-state index < -0.39 is 36.0 Å². The molecule has 4 N–H and O–H groups in total. The van der Waals surface area contributed by atoms with E-state index in [4.69, 9.17) is 9.47 Å². The molecule has 0 spiro atoms. The van der Waals surface area contributed by atoms with Crippen molar-refractivity contribution in [2.24, 2.45) is 0 Å². The first-order chi connectivity index (χ1) is 24.7. The Hall–Kier alpha value is -4.08. The molecule has 54 heavy (non-hydrogen) atoms. The van der Waals surface area contributed by atoms with E-state index in [1.54, 1.807) is 0 Å². The summed E-state index contributed by atoms with van der Waals surface area (Å²) in [5.41, 5.74) is 3.99. The number of aryl methyl sites for hydroxylation is 2. The molecule has 10 nitrogen and oxygen atoms in total. The number of phenolic OH excluding ortho intramolecular Hbond substituents is 2. The molecule has 0 saturated carbocycles. The van der Waals surface area contributed by atoms with Crippen LogP contribution in [0.1, 0.15) is 156 Å². The zero-order valence-corrected chi connectivity index (χ0v) is 35.5. The lowest BCUT2D eigenvalue weighted by Crippen LogP contribution is -2.45. The van der Waals surface area contributed by atoms with Gasteiger partial charge in [0.15, 0.2) is 0 Å². The van der Waals surface area contributed by atoms with Crippen LogP contribution in [0.5, 0.6) is 11.5 Å². The van der Waals surface area contributed by atoms with Crippen molar-refractivity contribution in [2.45, 2.75) is 169 Å². The maximum atomic E-state index is 12.8. The van der Waals surface area contributed by atoms with Gasteiger partial charge in [-0.2, -0.15) is 0 Å². The van der Waals surface area contributed by atoms with E-state index in [1.807, 2.05) is 121 Å². The number of phenols is 2. The lowest BCUT2D eigenvalue weighted by atomic mass is 9.78. The highest BCUT2D eigenvalue weighted by molar-refractivity contribution is 6.35. The number of carbonyl (C=O) groups is 4. The quantitative estimate of drug-likeness (QED) is 0.113. The summed E-state index contributed by atoms with van der Waals surface area (Å²) in [4.78, 5) is 50.9. The fraction of sp³-hybridized carbons (Fsp3) is 0.636. The van der Waals surface area contributed by atoms with Crippen molar-refractivity contribution in [1.29, 1.82) is 0 Å². The molecular formula is C44H68N2O8. The fourth-order valence-electron chi connectivity index (χ4n) is 6.06. The molecule has 0 aromatic heterocycles. The van der Waals surface area contributed by atoms with Crippen molar-refractivity contribution in [3.8, 4) is 11.5 Å². The Morgan fingerprint density at radius 1 is 0.537 bits per heavy atom. The standard InChI is InChI=1S/C44H68N2O8/c1-15-29(53-35(47)19-17-27-21-31(41(3,4)5)37(49)32(22-27)42(6,7)8)25-45-39(51)40(52)46-26-30(16-2)54-36(48)20-18-28-23-33(43(9,10)11)38(50)34(24-28)44(12,13)14/h21-24,29-30,49-50H,15-20,25-26H2,1-14H3,(H,45,51)(H,46,52). The number of nitrogens with one attached hydrogen (secondary N) is 2. The summed E-state index contributed by atoms with van der Waals surface area (Å²) in [6, 6.07) is 7.78. The zero-order valence-electron chi connectivity index (χ0n) is 35.5. The average Bonchev–Trinajstić information content (AvgIpc) is 3.04. The summed E-state index contributed by atoms with van der Waals surface area (Å²) in [6.07, 6.45) is 0.696. The second kappa shape index (κ2) is 18.5. The fourth-order valence-corrected chi connectivity index (χ4v) is 6.06. The predicted octanol–water partition coefficient (Wildman–Crippen LogP) is 7.73. The Morgan fingerprint density at radius 2 is 0.796 bits per heavy atom. The molecule has 2 atom stereocenters. The Bertz CT molecular complexity index is 1440. The van der Waals surface area contributed by atoms with Gasteiger partial charge in [-0.25, -0.2) is 0 Å². The van der Waals surface area contributed by atoms with E-state index >= 15 is 0 Å². The molecule has 2 aromatic carbocycles. The molecule has 2 unspecified atom stereocenters. The van der Waals surface area contributed by atoms with E-state index in [1.165, 1.54) is 0 Å². The number of aromatic hydroxyl groups is 2. The van der Waals surface area contributed by atoms with Crippen LogP contribution in [0.15, 0.2) is 24.3 Å². The third kappa shape index (κ3) is 13.6. The number of amides is 2. The minimum Gasteiger partial charge on any atom is -0.507 e. The van der Waals surface area contributed by atoms with Crippen LogP contribution < -0.4 is 10.6 Å². The van der Waals surface area contributed by atoms with Crippen molar-refractivity contribution < 1.29 is 38.9 Å². The molecular weight excluding hydrogens is 684 g/mol. The van der Waals surface area contributed by atoms with Crippen molar-refractivity contribution >= 4 is 23.8 Å². The second-order valence-corrected chi connectivity index (χ2v) is 18.5. The smallest absolute Gasteiger partial charge is 0.309 e. The highest BCUT2D eigenvalue weighted by atomic mass is 16.5. The van der Waals surface area contributed by atoms with Crippen LogP contribution in [0.4, 0.5) is 0 Å². The number of benzene rings is 2. The maximum Gasteiger partial charge on any atom is 0.309 e. The van der Waals surface area contributed by atoms with E-state index in [2.05, 4.69) is 10.6 Å². The van der Waals surface area contributed by atoms with E-state index in [0.717, 1.165) is 33.4 Å². The summed E-state index contributed by atoms with van der Waals surface area (Å²) < 4.78 is 11.3. The number of hydrogen-bond acceptors (Lipinski definition) is 8. The molecule has 0 aliphatic rings. The number of esters is 2. The number of rotatable bonds is 14. The first-order valence-corrected chi connectivity index (χ1v) is 19.4. The Kier molecular flexibility index (Phi) is 15.8. The minimum absolute atomic E-state index is 0.0344. The van der Waals surface area contributed by atoms with Crippen LogP contribution in [0.3, 0.4) is 0 Å². The van der Waals surface area contributed by atoms with Crippen LogP contribution in [0, 0.1) is 0 Å². The van der Waals surface area contributed by atoms with Crippen molar-refractivity contribution in [3.05, 3.63) is 57.6 Å². The Labute approximate surface area is 324 Å². The monoisotopic (exact) mass is 752 g/mol. The normalized spacial score (nSPS) is 13.5. The van der Waals surface area contributed by atoms with Gasteiger partial charge in [-0.3, -0.25) is 19.2 Å². The van der Waals surface area contributed by atoms with Crippen molar-refractivity contribution in [2.75, 3.05) is 13.1 Å². The molecule has 2 aromatic rings. The molecule has 0 heterocycles. The lowest BCUT2D eigenvalue weighted by molar-refractivity contribution is -0.151. The third-order valence-electron chi connectivity index (χ3n) is 9.50. The molecule has 0 fully saturated rings. The van der Waals surface area contributed by atoms with Gasteiger partial charge in [-0.05, 0) is 80.7 Å². The largest absolute Gasteiger partial charge is 0.507 e. The SMILES string of the molecule is CCC(CNC(=O)C(=O)NCC(CC)OC(=O)CCc1cc(C(C)(C)C)c(O)c(C(C)(C)C)c1)OC(=O)CCc1cc(C(C)(C)C)c(O)c(C(C)(C)C)c1. The second-order valence-electron chi connectivity index (χ2n) is 18.5. The van der Waals surface area contributed by atoms with Gasteiger partial charge in [0, 0.05) is 12.8 Å². The first-order valence-electron chi connectivity index (χ1n) is 19.4. The van der Waals surface area contributed by atoms with E-state index in [9.17, 15) is 29.4 Å². The molecule has 0 radical (unpaired) electrons. The Morgan fingerprint density at radius 3 is 1.02 bits per heavy atom. The topological polar surface area (TPSA) is 151 Å². The lowest BCUT2D eigenvalue weighted by Gasteiger charge is -2.28. The molecule has 2 rings (SSSR count). The molecule has 0 bridgehead atoms. The van der Waals surface area contributed by atoms with Crippen LogP contribution in [-0.4, -0.2) is 59.3 Å². The predicted molar refractivity (Wildman–Crippen MR) is 214 cm³/mol. The highest BCUT2D eigenvalue weighted by Crippen LogP contribution is 2.41. The Balaban J connectivity index is 1.90. The van der Waals surface area contributed by atoms with E-state index in [-0.39, 0.29) is 59.1 Å². The van der Waals surface area contributed by atoms with Gasteiger partial charge in [-0.15, -0.1) is 0 Å². The summed E-state index contributed by atoms with van der Waals surface area (Å²) in [7, 11) is 0. The van der Waals surface area contributed by atoms with Gasteiger partial charge in [0.05, 0.1) is 13.1 Å². The van der Waals surface area contributed by atoms with Crippen LogP contribution >= 0.6 is 0 Å². The number of ether oxygens (including phenoxy) is 2. The highest BCUT2D eigenvalue weighted by Gasteiger charge is 2.29. The molecule has 302 valence electrons. The first kappa shape index (κ1) is 46.1. The third-order valence-corrected chi connectivity index (χ3v) is 9.50. The van der Waals surface area contributed by atoms with Gasteiger partial charge >= 0.3 is 23.8 Å². The molecule has 0 aliphatic heterocycles. The molecule has 0 saturated heterocycles. The molecule has 10 heteroatoms. The van der Waals surface area contributed by atoms with Crippen LogP contribution in [0.25, 0.3) is 0 Å². The summed E-state index contributed by atoms with van der Waals surface area (Å²) in [5.74, 6) is -2.04. The molecule has 0 aliphatic carbocycles. The van der Waals surface area contributed by atoms with Gasteiger partial charge < -0.3 is 30.3 Å². The van der Waals surface area contributed by atoms with Gasteiger partial charge in [0.2, 0.25) is 0 Å². The van der Waals surface area contributed by atoms with Gasteiger partial charge in [0.1, 0.15) is 23.7 Å². The van der Waals surface area contributed by atoms with Gasteiger partial charge in [0.25, 0.3) is 0 Å². The van der Waals surface area contributed by atoms with Crippen molar-refractivity contribution in [3.63, 3.8) is 0 Å². The minimum atomic E-state index is -0.879. The van der Waals surface area contributed by atoms with Gasteiger partial charge in [-0.1, -0.05) is 121 Å². The average molecular weight is 753 g/mol. The maximum absolute atomic E-state index is 12.8. The van der Waals surface area contributed by atoms with Crippen LogP contribution in [0.2, 0.25) is 0 Å². The van der Waals surface area contributed by atoms with E-state index in [0.29, 0.717) is 25.7 Å². The summed E-state index contributed by atoms with van der Waals surface area (Å²) >= 11 is 0.